The molecule has 1 aliphatic heterocycles. The molecule has 0 atom stereocenters. The molecule has 0 spiro atoms. The molecule has 11 nitrogen and oxygen atoms in total. The van der Waals surface area contributed by atoms with Crippen LogP contribution < -0.4 is 26.0 Å². The van der Waals surface area contributed by atoms with Crippen molar-refractivity contribution in [2.45, 2.75) is 25.9 Å². The number of ketones is 1. The first kappa shape index (κ1) is 28.3. The molecule has 0 saturated carbocycles. The van der Waals surface area contributed by atoms with Crippen molar-refractivity contribution in [3.63, 3.8) is 0 Å². The smallest absolute Gasteiger partial charge is 0.332 e. The highest BCUT2D eigenvalue weighted by atomic mass is 35.5. The van der Waals surface area contributed by atoms with E-state index in [0.717, 1.165) is 24.2 Å². The number of fused-ring (bicyclic) bond motifs is 1. The lowest BCUT2D eigenvalue weighted by atomic mass is 10.2. The molecule has 39 heavy (non-hydrogen) atoms. The van der Waals surface area contributed by atoms with Crippen molar-refractivity contribution in [2.75, 3.05) is 52.4 Å². The molecule has 1 aromatic heterocycles. The van der Waals surface area contributed by atoms with E-state index in [1.54, 1.807) is 24.3 Å². The third-order valence-electron chi connectivity index (χ3n) is 6.55. The number of Topliss-reactive ketones (excluding diaryl/α,β-unsaturated/α-hetero) is 1. The predicted octanol–water partition coefficient (Wildman–Crippen LogP) is 2.15. The molecule has 1 N–H and O–H groups in total. The van der Waals surface area contributed by atoms with Crippen molar-refractivity contribution in [3.05, 3.63) is 62.3 Å². The van der Waals surface area contributed by atoms with Crippen LogP contribution in [0.5, 0.6) is 11.5 Å². The fraction of sp³-hybridized carbons (Fsp3) is 0.407. The zero-order valence-corrected chi connectivity index (χ0v) is 22.7. The maximum atomic E-state index is 13.4. The van der Waals surface area contributed by atoms with Crippen molar-refractivity contribution >= 4 is 39.9 Å². The Morgan fingerprint density at radius 3 is 2.44 bits per heavy atom. The van der Waals surface area contributed by atoms with Gasteiger partial charge in [0, 0.05) is 25.6 Å². The van der Waals surface area contributed by atoms with Gasteiger partial charge in [-0.3, -0.25) is 28.4 Å². The quantitative estimate of drug-likeness (QED) is 0.380. The van der Waals surface area contributed by atoms with E-state index in [1.807, 2.05) is 0 Å². The monoisotopic (exact) mass is 558 g/mol. The standard InChI is InChI=1S/C27H31ClN4O7/c1-37-23-15-24(38-2)21(14-20(23)28)29-25(34)17-31-22-8-4-3-7-19(22)26(35)32(27(31)36)16-18(33)6-5-9-30-10-12-39-13-11-30/h3-4,7-8,14-15H,5-6,9-13,16-17H2,1-2H3,(H,29,34). The SMILES string of the molecule is COc1cc(OC)c(NC(=O)Cn2c(=O)n(CC(=O)CCCN3CCOCC3)c(=O)c3ccccc32)cc1Cl. The van der Waals surface area contributed by atoms with Crippen LogP contribution in [0.2, 0.25) is 5.02 Å². The van der Waals surface area contributed by atoms with Crippen molar-refractivity contribution in [1.82, 2.24) is 14.0 Å². The van der Waals surface area contributed by atoms with E-state index in [2.05, 4.69) is 10.2 Å². The number of benzene rings is 2. The summed E-state index contributed by atoms with van der Waals surface area (Å²) < 4.78 is 17.9. The van der Waals surface area contributed by atoms with E-state index in [9.17, 15) is 19.2 Å². The second-order valence-electron chi connectivity index (χ2n) is 9.11. The molecule has 0 bridgehead atoms. The first-order valence-corrected chi connectivity index (χ1v) is 13.0. The van der Waals surface area contributed by atoms with Gasteiger partial charge in [-0.05, 0) is 31.2 Å². The average Bonchev–Trinajstić information content (AvgIpc) is 2.94. The normalized spacial score (nSPS) is 13.8. The third kappa shape index (κ3) is 6.67. The van der Waals surface area contributed by atoms with Gasteiger partial charge in [-0.1, -0.05) is 23.7 Å². The molecule has 1 aliphatic rings. The van der Waals surface area contributed by atoms with Gasteiger partial charge in [-0.2, -0.15) is 0 Å². The van der Waals surface area contributed by atoms with Crippen LogP contribution in [-0.4, -0.2) is 72.8 Å². The summed E-state index contributed by atoms with van der Waals surface area (Å²) in [7, 11) is 2.89. The molecule has 208 valence electrons. The number of rotatable bonds is 11. The highest BCUT2D eigenvalue weighted by molar-refractivity contribution is 6.32. The van der Waals surface area contributed by atoms with Gasteiger partial charge in [0.25, 0.3) is 5.56 Å². The zero-order valence-electron chi connectivity index (χ0n) is 21.9. The van der Waals surface area contributed by atoms with E-state index in [0.29, 0.717) is 36.7 Å². The molecule has 1 fully saturated rings. The molecule has 1 amide bonds. The summed E-state index contributed by atoms with van der Waals surface area (Å²) in [5, 5.41) is 3.19. The van der Waals surface area contributed by atoms with Gasteiger partial charge < -0.3 is 19.5 Å². The number of hydrogen-bond acceptors (Lipinski definition) is 8. The molecule has 0 radical (unpaired) electrons. The molecule has 3 aromatic rings. The van der Waals surface area contributed by atoms with Gasteiger partial charge in [0.15, 0.2) is 5.78 Å². The maximum absolute atomic E-state index is 13.4. The third-order valence-corrected chi connectivity index (χ3v) is 6.85. The van der Waals surface area contributed by atoms with Crippen LogP contribution in [0.1, 0.15) is 12.8 Å². The van der Waals surface area contributed by atoms with E-state index in [1.165, 1.54) is 30.9 Å². The molecule has 1 saturated heterocycles. The van der Waals surface area contributed by atoms with Gasteiger partial charge in [-0.15, -0.1) is 0 Å². The van der Waals surface area contributed by atoms with Crippen LogP contribution in [0.25, 0.3) is 10.9 Å². The Bertz CT molecular complexity index is 1480. The summed E-state index contributed by atoms with van der Waals surface area (Å²) in [5.41, 5.74) is -0.736. The van der Waals surface area contributed by atoms with Gasteiger partial charge >= 0.3 is 5.69 Å². The minimum atomic E-state index is -0.741. The van der Waals surface area contributed by atoms with Crippen LogP contribution in [0, 0.1) is 0 Å². The largest absolute Gasteiger partial charge is 0.495 e. The van der Waals surface area contributed by atoms with E-state index in [-0.39, 0.29) is 34.8 Å². The Hall–Kier alpha value is -3.67. The number of anilines is 1. The molecular weight excluding hydrogens is 528 g/mol. The molecule has 4 rings (SSSR count). The van der Waals surface area contributed by atoms with Crippen molar-refractivity contribution in [1.29, 1.82) is 0 Å². The fourth-order valence-electron chi connectivity index (χ4n) is 4.53. The second-order valence-corrected chi connectivity index (χ2v) is 9.52. The minimum Gasteiger partial charge on any atom is -0.495 e. The Morgan fingerprint density at radius 1 is 1.00 bits per heavy atom. The molecule has 12 heteroatoms. The van der Waals surface area contributed by atoms with E-state index in [4.69, 9.17) is 25.8 Å². The molecule has 2 aromatic carbocycles. The average molecular weight is 559 g/mol. The topological polar surface area (TPSA) is 121 Å². The summed E-state index contributed by atoms with van der Waals surface area (Å²) >= 11 is 6.21. The lowest BCUT2D eigenvalue weighted by Crippen LogP contribution is -2.43. The lowest BCUT2D eigenvalue weighted by Gasteiger charge is -2.26. The zero-order chi connectivity index (χ0) is 27.9. The van der Waals surface area contributed by atoms with Gasteiger partial charge in [-0.25, -0.2) is 4.79 Å². The Morgan fingerprint density at radius 2 is 1.72 bits per heavy atom. The summed E-state index contributed by atoms with van der Waals surface area (Å²) in [4.78, 5) is 54.6. The van der Waals surface area contributed by atoms with Gasteiger partial charge in [0.1, 0.15) is 18.0 Å². The highest BCUT2D eigenvalue weighted by Gasteiger charge is 2.19. The molecular formula is C27H31ClN4O7. The van der Waals surface area contributed by atoms with Crippen LogP contribution in [0.15, 0.2) is 46.0 Å². The number of hydrogen-bond donors (Lipinski definition) is 1. The van der Waals surface area contributed by atoms with Gasteiger partial charge in [0.2, 0.25) is 5.91 Å². The predicted molar refractivity (Wildman–Crippen MR) is 147 cm³/mol. The number of aromatic nitrogens is 2. The molecule has 0 unspecified atom stereocenters. The van der Waals surface area contributed by atoms with Gasteiger partial charge in [0.05, 0.1) is 55.6 Å². The summed E-state index contributed by atoms with van der Waals surface area (Å²) in [5.74, 6) is -0.0972. The Kier molecular flexibility index (Phi) is 9.39. The van der Waals surface area contributed by atoms with Crippen LogP contribution in [-0.2, 0) is 27.4 Å². The first-order chi connectivity index (χ1) is 18.8. The molecule has 0 aliphatic carbocycles. The fourth-order valence-corrected chi connectivity index (χ4v) is 4.78. The number of para-hydroxylation sites is 1. The Labute approximate surface area is 229 Å². The Balaban J connectivity index is 1.55. The van der Waals surface area contributed by atoms with Crippen molar-refractivity contribution in [2.24, 2.45) is 0 Å². The number of ether oxygens (including phenoxy) is 3. The number of morpholine rings is 1. The summed E-state index contributed by atoms with van der Waals surface area (Å²) in [6.07, 6.45) is 0.846. The van der Waals surface area contributed by atoms with E-state index >= 15 is 0 Å². The number of nitrogens with zero attached hydrogens (tertiary/aromatic N) is 3. The van der Waals surface area contributed by atoms with E-state index < -0.39 is 23.7 Å². The number of halogens is 1. The van der Waals surface area contributed by atoms with Crippen LogP contribution in [0.4, 0.5) is 5.69 Å². The lowest BCUT2D eigenvalue weighted by molar-refractivity contribution is -0.120. The number of amides is 1. The number of methoxy groups -OCH3 is 2. The van der Waals surface area contributed by atoms with Crippen molar-refractivity contribution in [3.8, 4) is 11.5 Å². The first-order valence-electron chi connectivity index (χ1n) is 12.6. The van der Waals surface area contributed by atoms with Crippen LogP contribution >= 0.6 is 11.6 Å². The second kappa shape index (κ2) is 12.9. The maximum Gasteiger partial charge on any atom is 0.332 e. The number of nitrogens with one attached hydrogen (secondary N) is 1. The van der Waals surface area contributed by atoms with Crippen LogP contribution in [0.3, 0.4) is 0 Å². The summed E-state index contributed by atoms with van der Waals surface area (Å²) in [6, 6.07) is 9.50. The summed E-state index contributed by atoms with van der Waals surface area (Å²) in [6.45, 7) is 2.95. The highest BCUT2D eigenvalue weighted by Crippen LogP contribution is 2.35. The number of carbonyl (C=O) groups excluding carboxylic acids is 2. The number of carbonyl (C=O) groups is 2. The van der Waals surface area contributed by atoms with Crippen molar-refractivity contribution < 1.29 is 23.8 Å². The molecule has 2 heterocycles. The minimum absolute atomic E-state index is 0.230.